The third-order valence-corrected chi connectivity index (χ3v) is 6.59. The second-order valence-electron chi connectivity index (χ2n) is 9.05. The first-order valence-corrected chi connectivity index (χ1v) is 12.0. The fourth-order valence-corrected chi connectivity index (χ4v) is 4.41. The molecule has 0 spiro atoms. The lowest BCUT2D eigenvalue weighted by molar-refractivity contribution is 0.219. The van der Waals surface area contributed by atoms with Gasteiger partial charge in [-0.2, -0.15) is 0 Å². The van der Waals surface area contributed by atoms with E-state index in [9.17, 15) is 5.11 Å². The molecule has 0 aliphatic carbocycles. The van der Waals surface area contributed by atoms with Crippen LogP contribution < -0.4 is 15.8 Å². The molecule has 0 bridgehead atoms. The van der Waals surface area contributed by atoms with Gasteiger partial charge in [-0.1, -0.05) is 49.9 Å². The zero-order valence-corrected chi connectivity index (χ0v) is 20.3. The van der Waals surface area contributed by atoms with Gasteiger partial charge in [0, 0.05) is 49.6 Å². The quantitative estimate of drug-likeness (QED) is 0.425. The van der Waals surface area contributed by atoms with Crippen LogP contribution in [0, 0.1) is 12.8 Å². The number of aryl methyl sites for hydroxylation is 1. The van der Waals surface area contributed by atoms with Crippen molar-refractivity contribution < 1.29 is 9.84 Å². The summed E-state index contributed by atoms with van der Waals surface area (Å²) < 4.78 is 5.95. The Hall–Kier alpha value is -2.92. The molecule has 33 heavy (non-hydrogen) atoms. The summed E-state index contributed by atoms with van der Waals surface area (Å²) in [6, 6.07) is 15.0. The van der Waals surface area contributed by atoms with Crippen molar-refractivity contribution in [2.24, 2.45) is 11.7 Å². The molecule has 2 unspecified atom stereocenters. The van der Waals surface area contributed by atoms with Crippen LogP contribution in [0.5, 0.6) is 5.75 Å². The number of hydrogen-bond acceptors (Lipinski definition) is 5. The van der Waals surface area contributed by atoms with Crippen LogP contribution in [0.15, 0.2) is 66.7 Å². The van der Waals surface area contributed by atoms with E-state index in [4.69, 9.17) is 10.5 Å². The number of nitrogens with one attached hydrogen (secondary N) is 1. The third kappa shape index (κ3) is 6.78. The Morgan fingerprint density at radius 3 is 2.85 bits per heavy atom. The van der Waals surface area contributed by atoms with Gasteiger partial charge >= 0.3 is 0 Å². The van der Waals surface area contributed by atoms with Crippen LogP contribution in [0.25, 0.3) is 0 Å². The topological polar surface area (TPSA) is 70.8 Å². The standard InChI is InChI=1S/C28H39N3O2/c1-5-30-17-26(29)12-13-27(21(3)22(4)32)23-11-10-20(2)25(16-23)19-31-14-15-33-28-9-7-6-8-24(28)18-31/h6-11,16-17,21,27,30,32H,4-5,12-15,18-19,29H2,1-3H3/b26-17-. The van der Waals surface area contributed by atoms with Gasteiger partial charge in [-0.25, -0.2) is 0 Å². The number of allylic oxidation sites excluding steroid dienone is 2. The summed E-state index contributed by atoms with van der Waals surface area (Å²) in [5.41, 5.74) is 12.1. The molecule has 1 aliphatic heterocycles. The zero-order valence-electron chi connectivity index (χ0n) is 20.3. The molecule has 1 heterocycles. The summed E-state index contributed by atoms with van der Waals surface area (Å²) in [4.78, 5) is 2.44. The Balaban J connectivity index is 1.80. The predicted molar refractivity (Wildman–Crippen MR) is 136 cm³/mol. The average Bonchev–Trinajstić information content (AvgIpc) is 3.01. The van der Waals surface area contributed by atoms with E-state index < -0.39 is 0 Å². The Morgan fingerprint density at radius 1 is 1.30 bits per heavy atom. The number of hydrogen-bond donors (Lipinski definition) is 3. The second-order valence-corrected chi connectivity index (χ2v) is 9.05. The van der Waals surface area contributed by atoms with Gasteiger partial charge in [0.25, 0.3) is 0 Å². The van der Waals surface area contributed by atoms with E-state index in [1.165, 1.54) is 22.3 Å². The van der Waals surface area contributed by atoms with Gasteiger partial charge < -0.3 is 20.9 Å². The smallest absolute Gasteiger partial charge is 0.123 e. The number of aliphatic hydroxyl groups is 1. The summed E-state index contributed by atoms with van der Waals surface area (Å²) in [5.74, 6) is 1.30. The second kappa shape index (κ2) is 11.8. The van der Waals surface area contributed by atoms with Crippen molar-refractivity contribution in [3.63, 3.8) is 0 Å². The van der Waals surface area contributed by atoms with Crippen molar-refractivity contribution in [3.05, 3.63) is 89.0 Å². The van der Waals surface area contributed by atoms with E-state index >= 15 is 0 Å². The van der Waals surface area contributed by atoms with Gasteiger partial charge in [0.15, 0.2) is 0 Å². The molecule has 0 saturated heterocycles. The predicted octanol–water partition coefficient (Wildman–Crippen LogP) is 5.37. The van der Waals surface area contributed by atoms with Crippen LogP contribution in [0.1, 0.15) is 54.9 Å². The summed E-state index contributed by atoms with van der Waals surface area (Å²) >= 11 is 0. The molecule has 4 N–H and O–H groups in total. The van der Waals surface area contributed by atoms with Crippen molar-refractivity contribution in [3.8, 4) is 5.75 Å². The molecule has 0 amide bonds. The van der Waals surface area contributed by atoms with Crippen molar-refractivity contribution in [2.45, 2.75) is 52.6 Å². The summed E-state index contributed by atoms with van der Waals surface area (Å²) in [5, 5.41) is 13.4. The molecule has 1 aliphatic rings. The Labute approximate surface area is 198 Å². The highest BCUT2D eigenvalue weighted by molar-refractivity contribution is 5.36. The fourth-order valence-electron chi connectivity index (χ4n) is 4.41. The number of ether oxygens (including phenoxy) is 1. The number of nitrogens with zero attached hydrogens (tertiary/aromatic N) is 1. The first-order valence-electron chi connectivity index (χ1n) is 12.0. The Kier molecular flexibility index (Phi) is 8.84. The highest BCUT2D eigenvalue weighted by Gasteiger charge is 2.23. The summed E-state index contributed by atoms with van der Waals surface area (Å²) in [6.07, 6.45) is 3.50. The minimum absolute atomic E-state index is 0.0500. The third-order valence-electron chi connectivity index (χ3n) is 6.59. The van der Waals surface area contributed by atoms with E-state index in [1.807, 2.05) is 26.1 Å². The van der Waals surface area contributed by atoms with Gasteiger partial charge in [-0.15, -0.1) is 0 Å². The van der Waals surface area contributed by atoms with E-state index in [-0.39, 0.29) is 17.6 Å². The minimum atomic E-state index is -0.0500. The molecule has 2 aromatic carbocycles. The first-order chi connectivity index (χ1) is 15.9. The van der Waals surface area contributed by atoms with Crippen molar-refractivity contribution in [1.82, 2.24) is 10.2 Å². The maximum absolute atomic E-state index is 10.2. The van der Waals surface area contributed by atoms with Crippen LogP contribution in [0.4, 0.5) is 0 Å². The van der Waals surface area contributed by atoms with E-state index in [0.29, 0.717) is 6.61 Å². The monoisotopic (exact) mass is 449 g/mol. The van der Waals surface area contributed by atoms with E-state index in [2.05, 4.69) is 60.1 Å². The number of fused-ring (bicyclic) bond motifs is 1. The largest absolute Gasteiger partial charge is 0.513 e. The van der Waals surface area contributed by atoms with Gasteiger partial charge in [0.1, 0.15) is 12.4 Å². The fraction of sp³-hybridized carbons (Fsp3) is 0.429. The highest BCUT2D eigenvalue weighted by Crippen LogP contribution is 2.34. The highest BCUT2D eigenvalue weighted by atomic mass is 16.5. The molecule has 3 rings (SSSR count). The molecule has 178 valence electrons. The zero-order chi connectivity index (χ0) is 23.8. The van der Waals surface area contributed by atoms with Gasteiger partial charge in [-0.05, 0) is 55.4 Å². The normalized spacial score (nSPS) is 16.3. The number of aliphatic hydroxyl groups excluding tert-OH is 1. The summed E-state index contributed by atoms with van der Waals surface area (Å²) in [7, 11) is 0. The maximum atomic E-state index is 10.2. The van der Waals surface area contributed by atoms with E-state index in [1.54, 1.807) is 0 Å². The first kappa shape index (κ1) is 24.7. The molecule has 5 nitrogen and oxygen atoms in total. The van der Waals surface area contributed by atoms with Crippen LogP contribution in [-0.4, -0.2) is 29.7 Å². The molecule has 0 aromatic heterocycles. The molecule has 0 radical (unpaired) electrons. The maximum Gasteiger partial charge on any atom is 0.123 e. The lowest BCUT2D eigenvalue weighted by Gasteiger charge is -2.26. The summed E-state index contributed by atoms with van der Waals surface area (Å²) in [6.45, 7) is 14.2. The van der Waals surface area contributed by atoms with Crippen LogP contribution in [0.3, 0.4) is 0 Å². The average molecular weight is 450 g/mol. The minimum Gasteiger partial charge on any atom is -0.513 e. The van der Waals surface area contributed by atoms with Crippen LogP contribution >= 0.6 is 0 Å². The lowest BCUT2D eigenvalue weighted by atomic mass is 9.81. The van der Waals surface area contributed by atoms with Gasteiger partial charge in [0.05, 0.1) is 5.76 Å². The van der Waals surface area contributed by atoms with Crippen molar-refractivity contribution in [1.29, 1.82) is 0 Å². The SMILES string of the molecule is C=C(O)C(C)C(CC/C(N)=C/NCC)c1ccc(C)c(CN2CCOc3ccccc3C2)c1. The number of para-hydroxylation sites is 1. The van der Waals surface area contributed by atoms with Gasteiger partial charge in [0.2, 0.25) is 0 Å². The molecular weight excluding hydrogens is 410 g/mol. The Bertz CT molecular complexity index is 969. The molecule has 0 saturated carbocycles. The van der Waals surface area contributed by atoms with Crippen molar-refractivity contribution in [2.75, 3.05) is 19.7 Å². The van der Waals surface area contributed by atoms with Crippen LogP contribution in [-0.2, 0) is 13.1 Å². The molecule has 2 aromatic rings. The van der Waals surface area contributed by atoms with Crippen molar-refractivity contribution >= 4 is 0 Å². The number of nitrogens with two attached hydrogens (primary N) is 1. The molecule has 5 heteroatoms. The molecule has 0 fully saturated rings. The lowest BCUT2D eigenvalue weighted by Crippen LogP contribution is -2.25. The molecule has 2 atom stereocenters. The van der Waals surface area contributed by atoms with E-state index in [0.717, 1.165) is 50.5 Å². The number of benzene rings is 2. The Morgan fingerprint density at radius 2 is 2.09 bits per heavy atom. The van der Waals surface area contributed by atoms with Crippen LogP contribution in [0.2, 0.25) is 0 Å². The molecular formula is C28H39N3O2. The van der Waals surface area contributed by atoms with Gasteiger partial charge in [-0.3, -0.25) is 4.90 Å². The number of rotatable bonds is 10.